The van der Waals surface area contributed by atoms with E-state index in [4.69, 9.17) is 0 Å². The summed E-state index contributed by atoms with van der Waals surface area (Å²) in [6, 6.07) is 0. The van der Waals surface area contributed by atoms with Gasteiger partial charge in [-0.2, -0.15) is 17.8 Å². The Labute approximate surface area is 108 Å². The van der Waals surface area contributed by atoms with Gasteiger partial charge in [0.1, 0.15) is 0 Å². The molecule has 0 bridgehead atoms. The molecular weight excluding hydrogens is 254 g/mol. The lowest BCUT2D eigenvalue weighted by atomic mass is 10.4. The van der Waals surface area contributed by atoms with Crippen molar-refractivity contribution in [3.63, 3.8) is 0 Å². The van der Waals surface area contributed by atoms with Crippen LogP contribution in [0.5, 0.6) is 0 Å². The Balaban J connectivity index is 2.33. The standard InChI is InChI=1S/C10H21N5O2S/c1-3-5-11-6-4-7-15(2)18(16,17)14-10-8-12-13-9-10/h8-9,11,14H,3-7H2,1-2H3,(H,12,13). The Kier molecular flexibility index (Phi) is 6.10. The van der Waals surface area contributed by atoms with Crippen LogP contribution in [-0.2, 0) is 10.2 Å². The summed E-state index contributed by atoms with van der Waals surface area (Å²) < 4.78 is 27.5. The van der Waals surface area contributed by atoms with Crippen LogP contribution in [0.4, 0.5) is 5.69 Å². The predicted octanol–water partition coefficient (Wildman–Crippen LogP) is 0.388. The highest BCUT2D eigenvalue weighted by molar-refractivity contribution is 7.90. The summed E-state index contributed by atoms with van der Waals surface area (Å²) in [6.45, 7) is 4.35. The summed E-state index contributed by atoms with van der Waals surface area (Å²) in [5.74, 6) is 0. The topological polar surface area (TPSA) is 90.1 Å². The van der Waals surface area contributed by atoms with Crippen LogP contribution in [0.3, 0.4) is 0 Å². The second kappa shape index (κ2) is 7.34. The molecule has 0 aromatic carbocycles. The molecule has 0 unspecified atom stereocenters. The van der Waals surface area contributed by atoms with E-state index in [0.29, 0.717) is 12.2 Å². The van der Waals surface area contributed by atoms with E-state index in [9.17, 15) is 8.42 Å². The number of rotatable bonds is 9. The molecule has 104 valence electrons. The minimum atomic E-state index is -3.48. The number of aromatic nitrogens is 2. The van der Waals surface area contributed by atoms with Crippen LogP contribution in [0.15, 0.2) is 12.4 Å². The van der Waals surface area contributed by atoms with Gasteiger partial charge in [0.25, 0.3) is 0 Å². The Hall–Kier alpha value is -1.12. The first kappa shape index (κ1) is 14.9. The van der Waals surface area contributed by atoms with Crippen LogP contribution >= 0.6 is 0 Å². The van der Waals surface area contributed by atoms with Crippen LogP contribution in [0.2, 0.25) is 0 Å². The molecular formula is C10H21N5O2S. The van der Waals surface area contributed by atoms with E-state index >= 15 is 0 Å². The van der Waals surface area contributed by atoms with Gasteiger partial charge in [-0.05, 0) is 25.9 Å². The van der Waals surface area contributed by atoms with Gasteiger partial charge in [0.2, 0.25) is 0 Å². The zero-order chi connectivity index (χ0) is 13.4. The van der Waals surface area contributed by atoms with Crippen molar-refractivity contribution in [1.82, 2.24) is 19.8 Å². The molecule has 1 rings (SSSR count). The summed E-state index contributed by atoms with van der Waals surface area (Å²) in [5, 5.41) is 9.46. The number of nitrogens with one attached hydrogen (secondary N) is 3. The predicted molar refractivity (Wildman–Crippen MR) is 71.5 cm³/mol. The van der Waals surface area contributed by atoms with Gasteiger partial charge in [0, 0.05) is 19.8 Å². The van der Waals surface area contributed by atoms with E-state index in [1.807, 2.05) is 0 Å². The van der Waals surface area contributed by atoms with Gasteiger partial charge < -0.3 is 5.32 Å². The maximum atomic E-state index is 11.9. The molecule has 1 heterocycles. The first-order valence-corrected chi connectivity index (χ1v) is 7.44. The fourth-order valence-corrected chi connectivity index (χ4v) is 2.32. The van der Waals surface area contributed by atoms with Crippen LogP contribution in [0, 0.1) is 0 Å². The minimum Gasteiger partial charge on any atom is -0.317 e. The van der Waals surface area contributed by atoms with E-state index in [-0.39, 0.29) is 0 Å². The summed E-state index contributed by atoms with van der Waals surface area (Å²) in [7, 11) is -1.92. The van der Waals surface area contributed by atoms with Crippen molar-refractivity contribution in [3.05, 3.63) is 12.4 Å². The SMILES string of the molecule is CCCNCCCN(C)S(=O)(=O)Nc1cn[nH]c1. The number of hydrogen-bond donors (Lipinski definition) is 3. The molecule has 0 radical (unpaired) electrons. The van der Waals surface area contributed by atoms with Crippen molar-refractivity contribution in [2.75, 3.05) is 31.4 Å². The Bertz CT molecular complexity index is 417. The fraction of sp³-hybridized carbons (Fsp3) is 0.700. The van der Waals surface area contributed by atoms with Gasteiger partial charge in [0.05, 0.1) is 11.9 Å². The average Bonchev–Trinajstić information content (AvgIpc) is 2.80. The molecule has 3 N–H and O–H groups in total. The Morgan fingerprint density at radius 1 is 1.44 bits per heavy atom. The van der Waals surface area contributed by atoms with Crippen molar-refractivity contribution in [2.45, 2.75) is 19.8 Å². The minimum absolute atomic E-state index is 0.436. The highest BCUT2D eigenvalue weighted by atomic mass is 32.2. The number of nitrogens with zero attached hydrogens (tertiary/aromatic N) is 2. The molecule has 0 aliphatic carbocycles. The second-order valence-electron chi connectivity index (χ2n) is 4.02. The van der Waals surface area contributed by atoms with Crippen molar-refractivity contribution in [2.24, 2.45) is 0 Å². The molecule has 8 heteroatoms. The van der Waals surface area contributed by atoms with Crippen LogP contribution < -0.4 is 10.0 Å². The highest BCUT2D eigenvalue weighted by Crippen LogP contribution is 2.07. The van der Waals surface area contributed by atoms with Crippen molar-refractivity contribution in [1.29, 1.82) is 0 Å². The number of aromatic amines is 1. The molecule has 0 amide bonds. The van der Waals surface area contributed by atoms with Gasteiger partial charge in [-0.3, -0.25) is 9.82 Å². The molecule has 18 heavy (non-hydrogen) atoms. The molecule has 0 spiro atoms. The second-order valence-corrected chi connectivity index (χ2v) is 5.80. The number of anilines is 1. The summed E-state index contributed by atoms with van der Waals surface area (Å²) in [4.78, 5) is 0. The quantitative estimate of drug-likeness (QED) is 0.569. The smallest absolute Gasteiger partial charge is 0.301 e. The summed E-state index contributed by atoms with van der Waals surface area (Å²) >= 11 is 0. The van der Waals surface area contributed by atoms with E-state index in [0.717, 1.165) is 25.9 Å². The van der Waals surface area contributed by atoms with Crippen molar-refractivity contribution >= 4 is 15.9 Å². The third-order valence-corrected chi connectivity index (χ3v) is 3.91. The van der Waals surface area contributed by atoms with E-state index in [1.165, 1.54) is 16.7 Å². The van der Waals surface area contributed by atoms with Crippen LogP contribution in [0.25, 0.3) is 0 Å². The zero-order valence-electron chi connectivity index (χ0n) is 10.8. The molecule has 0 saturated carbocycles. The van der Waals surface area contributed by atoms with E-state index in [2.05, 4.69) is 27.2 Å². The molecule has 0 atom stereocenters. The third kappa shape index (κ3) is 5.03. The Morgan fingerprint density at radius 2 is 2.22 bits per heavy atom. The van der Waals surface area contributed by atoms with Gasteiger partial charge in [-0.15, -0.1) is 0 Å². The zero-order valence-corrected chi connectivity index (χ0v) is 11.6. The summed E-state index contributed by atoms with van der Waals surface area (Å²) in [6.07, 6.45) is 4.78. The van der Waals surface area contributed by atoms with Gasteiger partial charge in [0.15, 0.2) is 0 Å². The monoisotopic (exact) mass is 275 g/mol. The number of H-pyrrole nitrogens is 1. The first-order valence-electron chi connectivity index (χ1n) is 6.00. The molecule has 0 aliphatic rings. The lowest BCUT2D eigenvalue weighted by molar-refractivity contribution is 0.458. The molecule has 0 saturated heterocycles. The maximum absolute atomic E-state index is 11.9. The van der Waals surface area contributed by atoms with Crippen molar-refractivity contribution < 1.29 is 8.42 Å². The van der Waals surface area contributed by atoms with Crippen LogP contribution in [0.1, 0.15) is 19.8 Å². The number of hydrogen-bond acceptors (Lipinski definition) is 4. The maximum Gasteiger partial charge on any atom is 0.301 e. The van der Waals surface area contributed by atoms with Gasteiger partial charge >= 0.3 is 10.2 Å². The lowest BCUT2D eigenvalue weighted by Gasteiger charge is -2.17. The molecule has 1 aromatic heterocycles. The van der Waals surface area contributed by atoms with E-state index in [1.54, 1.807) is 7.05 Å². The highest BCUT2D eigenvalue weighted by Gasteiger charge is 2.17. The average molecular weight is 275 g/mol. The molecule has 0 fully saturated rings. The molecule has 1 aromatic rings. The third-order valence-electron chi connectivity index (χ3n) is 2.41. The lowest BCUT2D eigenvalue weighted by Crippen LogP contribution is -2.34. The summed E-state index contributed by atoms with van der Waals surface area (Å²) in [5.41, 5.74) is 0.436. The molecule has 0 aliphatic heterocycles. The van der Waals surface area contributed by atoms with E-state index < -0.39 is 10.2 Å². The normalized spacial score (nSPS) is 11.9. The largest absolute Gasteiger partial charge is 0.317 e. The van der Waals surface area contributed by atoms with Gasteiger partial charge in [-0.25, -0.2) is 0 Å². The first-order chi connectivity index (χ1) is 8.56. The Morgan fingerprint density at radius 3 is 2.83 bits per heavy atom. The van der Waals surface area contributed by atoms with Crippen molar-refractivity contribution in [3.8, 4) is 0 Å². The van der Waals surface area contributed by atoms with Crippen LogP contribution in [-0.4, -0.2) is 49.6 Å². The molecule has 7 nitrogen and oxygen atoms in total. The fourth-order valence-electron chi connectivity index (χ4n) is 1.38. The van der Waals surface area contributed by atoms with Gasteiger partial charge in [-0.1, -0.05) is 6.92 Å².